The van der Waals surface area contributed by atoms with Crippen LogP contribution < -0.4 is 20.9 Å². The lowest BCUT2D eigenvalue weighted by Crippen LogP contribution is -2.56. The maximum Gasteiger partial charge on any atom is 0.142 e. The first-order chi connectivity index (χ1) is 22.6. The van der Waals surface area contributed by atoms with E-state index in [9.17, 15) is 10.2 Å². The summed E-state index contributed by atoms with van der Waals surface area (Å²) < 4.78 is 13.2. The second kappa shape index (κ2) is 9.57. The van der Waals surface area contributed by atoms with Gasteiger partial charge < -0.3 is 31.2 Å². The van der Waals surface area contributed by atoms with Crippen molar-refractivity contribution < 1.29 is 19.7 Å². The number of nitrogens with two attached hydrogens (primary N) is 2. The van der Waals surface area contributed by atoms with Crippen LogP contribution >= 0.6 is 0 Å². The van der Waals surface area contributed by atoms with Gasteiger partial charge >= 0.3 is 0 Å². The van der Waals surface area contributed by atoms with E-state index in [-0.39, 0.29) is 22.3 Å². The predicted molar refractivity (Wildman–Crippen MR) is 190 cm³/mol. The molecule has 0 aliphatic heterocycles. The fourth-order valence-corrected chi connectivity index (χ4v) is 14.5. The van der Waals surface area contributed by atoms with Gasteiger partial charge in [0.2, 0.25) is 0 Å². The van der Waals surface area contributed by atoms with E-state index in [4.69, 9.17) is 20.9 Å². The number of aromatic hydroxyl groups is 2. The van der Waals surface area contributed by atoms with E-state index in [2.05, 4.69) is 27.7 Å². The summed E-state index contributed by atoms with van der Waals surface area (Å²) in [5.41, 5.74) is 17.1. The van der Waals surface area contributed by atoms with Crippen LogP contribution in [-0.2, 0) is 10.8 Å². The first-order valence-corrected chi connectivity index (χ1v) is 18.3. The number of hydrogen-bond acceptors (Lipinski definition) is 6. The van der Waals surface area contributed by atoms with Crippen molar-refractivity contribution in [3.63, 3.8) is 0 Å². The number of anilines is 2. The smallest absolute Gasteiger partial charge is 0.142 e. The minimum Gasteiger partial charge on any atom is -0.506 e. The molecule has 0 saturated heterocycles. The maximum atomic E-state index is 10.7. The van der Waals surface area contributed by atoms with E-state index in [1.807, 2.05) is 36.4 Å². The number of phenolic OH excluding ortho intramolecular Hbond substituents is 2. The summed E-state index contributed by atoms with van der Waals surface area (Å²) in [5.74, 6) is 4.29. The lowest BCUT2D eigenvalue weighted by molar-refractivity contribution is -0.110. The molecule has 0 amide bonds. The van der Waals surface area contributed by atoms with Crippen LogP contribution in [0.2, 0.25) is 0 Å². The van der Waals surface area contributed by atoms with Crippen LogP contribution in [0.3, 0.4) is 0 Å². The van der Waals surface area contributed by atoms with Crippen LogP contribution in [0.25, 0.3) is 0 Å². The Morgan fingerprint density at radius 3 is 1.17 bits per heavy atom. The lowest BCUT2D eigenvalue weighted by Gasteiger charge is -2.65. The van der Waals surface area contributed by atoms with Gasteiger partial charge in [0.1, 0.15) is 34.5 Å². The van der Waals surface area contributed by atoms with Crippen LogP contribution in [0.5, 0.6) is 34.5 Å². The predicted octanol–water partition coefficient (Wildman–Crippen LogP) is 10.3. The molecule has 254 valence electrons. The van der Waals surface area contributed by atoms with Crippen molar-refractivity contribution in [3.05, 3.63) is 59.7 Å². The van der Waals surface area contributed by atoms with Crippen LogP contribution in [0.4, 0.5) is 11.4 Å². The highest BCUT2D eigenvalue weighted by Gasteiger charge is 2.62. The minimum atomic E-state index is 0.00206. The normalized spacial score (nSPS) is 40.3. The van der Waals surface area contributed by atoms with E-state index in [0.29, 0.717) is 56.0 Å². The molecule has 8 bridgehead atoms. The molecular formula is C42H52N2O4. The molecule has 4 unspecified atom stereocenters. The molecule has 0 heterocycles. The molecule has 8 aliphatic carbocycles. The van der Waals surface area contributed by atoms with Crippen LogP contribution in [-0.4, -0.2) is 10.2 Å². The number of nitrogen functional groups attached to an aromatic ring is 2. The van der Waals surface area contributed by atoms with E-state index in [1.165, 1.54) is 38.5 Å². The Morgan fingerprint density at radius 2 is 0.854 bits per heavy atom. The largest absolute Gasteiger partial charge is 0.506 e. The molecule has 8 aliphatic rings. The van der Waals surface area contributed by atoms with Crippen molar-refractivity contribution in [1.29, 1.82) is 0 Å². The summed E-state index contributed by atoms with van der Waals surface area (Å²) in [6.07, 6.45) is 14.7. The molecule has 11 rings (SSSR count). The summed E-state index contributed by atoms with van der Waals surface area (Å²) in [6.45, 7) is 9.90. The Hall–Kier alpha value is -3.54. The van der Waals surface area contributed by atoms with Gasteiger partial charge in [0, 0.05) is 34.1 Å². The highest BCUT2D eigenvalue weighted by molar-refractivity contribution is 5.63. The first kappa shape index (κ1) is 30.5. The topological polar surface area (TPSA) is 111 Å². The van der Waals surface area contributed by atoms with E-state index in [1.54, 1.807) is 12.1 Å². The minimum absolute atomic E-state index is 0.00206. The number of hydrogen-bond donors (Lipinski definition) is 4. The number of phenols is 2. The van der Waals surface area contributed by atoms with Gasteiger partial charge in [-0.2, -0.15) is 0 Å². The van der Waals surface area contributed by atoms with E-state index >= 15 is 0 Å². The molecule has 6 heteroatoms. The van der Waals surface area contributed by atoms with Gasteiger partial charge in [-0.25, -0.2) is 0 Å². The number of benzene rings is 3. The third-order valence-electron chi connectivity index (χ3n) is 13.9. The molecule has 8 fully saturated rings. The number of rotatable bonds is 6. The van der Waals surface area contributed by atoms with Crippen LogP contribution in [0.15, 0.2) is 48.5 Å². The average Bonchev–Trinajstić information content (AvgIpc) is 2.94. The Balaban J connectivity index is 1.02. The third-order valence-corrected chi connectivity index (χ3v) is 13.9. The fourth-order valence-electron chi connectivity index (χ4n) is 14.5. The molecule has 0 aromatic heterocycles. The third kappa shape index (κ3) is 4.71. The van der Waals surface area contributed by atoms with Gasteiger partial charge in [-0.15, -0.1) is 0 Å². The molecule has 6 nitrogen and oxygen atoms in total. The summed E-state index contributed by atoms with van der Waals surface area (Å²) >= 11 is 0. The van der Waals surface area contributed by atoms with Crippen LogP contribution in [0, 0.1) is 33.5 Å². The lowest BCUT2D eigenvalue weighted by atomic mass is 9.39. The van der Waals surface area contributed by atoms with Gasteiger partial charge in [-0.1, -0.05) is 27.7 Å². The Labute approximate surface area is 285 Å². The quantitative estimate of drug-likeness (QED) is 0.156. The second-order valence-electron chi connectivity index (χ2n) is 19.3. The van der Waals surface area contributed by atoms with Crippen molar-refractivity contribution in [2.45, 2.75) is 116 Å². The van der Waals surface area contributed by atoms with Crippen molar-refractivity contribution in [2.24, 2.45) is 33.5 Å². The van der Waals surface area contributed by atoms with Crippen molar-refractivity contribution in [3.8, 4) is 34.5 Å². The highest BCUT2D eigenvalue weighted by atomic mass is 16.5. The molecule has 0 radical (unpaired) electrons. The Bertz CT molecular complexity index is 1660. The summed E-state index contributed by atoms with van der Waals surface area (Å²) in [6, 6.07) is 15.1. The zero-order valence-electron chi connectivity index (χ0n) is 29.1. The zero-order chi connectivity index (χ0) is 33.5. The summed E-state index contributed by atoms with van der Waals surface area (Å²) in [7, 11) is 0. The molecular weight excluding hydrogens is 596 g/mol. The summed E-state index contributed by atoms with van der Waals surface area (Å²) in [5, 5.41) is 21.5. The summed E-state index contributed by atoms with van der Waals surface area (Å²) in [4.78, 5) is 0. The van der Waals surface area contributed by atoms with Crippen molar-refractivity contribution in [1.82, 2.24) is 0 Å². The van der Waals surface area contributed by atoms with E-state index < -0.39 is 0 Å². The molecule has 8 saturated carbocycles. The SMILES string of the molecule is CC12CC3CC(C)(C1)CC(c1cc(N)c(O)cc1Oc1ccc(Oc4cc(O)c(N)cc4C45CC6CC(C)(CC(C)(C6)C4)C5)cc1)(C3)C2. The monoisotopic (exact) mass is 648 g/mol. The molecule has 6 N–H and O–H groups in total. The first-order valence-electron chi connectivity index (χ1n) is 18.3. The van der Waals surface area contributed by atoms with Crippen LogP contribution in [0.1, 0.15) is 116 Å². The fraction of sp³-hybridized carbons (Fsp3) is 0.571. The second-order valence-corrected chi connectivity index (χ2v) is 19.3. The Kier molecular flexibility index (Phi) is 6.09. The molecule has 3 aromatic rings. The van der Waals surface area contributed by atoms with Gasteiger partial charge in [0.25, 0.3) is 0 Å². The van der Waals surface area contributed by atoms with Crippen molar-refractivity contribution in [2.75, 3.05) is 11.5 Å². The Morgan fingerprint density at radius 1 is 0.521 bits per heavy atom. The van der Waals surface area contributed by atoms with Gasteiger partial charge in [0.15, 0.2) is 0 Å². The molecule has 48 heavy (non-hydrogen) atoms. The van der Waals surface area contributed by atoms with Gasteiger partial charge in [-0.3, -0.25) is 0 Å². The average molecular weight is 649 g/mol. The van der Waals surface area contributed by atoms with Crippen molar-refractivity contribution >= 4 is 11.4 Å². The van der Waals surface area contributed by atoms with Gasteiger partial charge in [0.05, 0.1) is 11.4 Å². The zero-order valence-corrected chi connectivity index (χ0v) is 29.1. The maximum absolute atomic E-state index is 10.7. The van der Waals surface area contributed by atoms with Gasteiger partial charge in [-0.05, 0) is 147 Å². The molecule has 3 aromatic carbocycles. The van der Waals surface area contributed by atoms with E-state index in [0.717, 1.165) is 61.5 Å². The standard InChI is InChI=1S/C42H52N2O4/c1-37-13-25-14-38(2,19-37)22-41(17-25,21-37)29-9-31(43)33(45)11-35(29)47-27-5-7-28(8-6-27)48-36-12-34(46)32(44)10-30(36)42-18-26-15-39(3,23-42)20-40(4,16-26)24-42/h5-12,25-26,45-46H,13-24,43-44H2,1-4H3. The highest BCUT2D eigenvalue weighted by Crippen LogP contribution is 2.72. The molecule has 0 spiro atoms. The molecule has 4 atom stereocenters. The number of ether oxygens (including phenoxy) is 2.